The van der Waals surface area contributed by atoms with Crippen LogP contribution in [0, 0.1) is 27.7 Å². The summed E-state index contributed by atoms with van der Waals surface area (Å²) in [5, 5.41) is 0. The quantitative estimate of drug-likeness (QED) is 0.125. The van der Waals surface area contributed by atoms with Crippen LogP contribution < -0.4 is 9.47 Å². The number of para-hydroxylation sites is 2. The van der Waals surface area contributed by atoms with E-state index in [1.807, 2.05) is 87.1 Å². The van der Waals surface area contributed by atoms with E-state index in [1.165, 1.54) is 34.1 Å². The SMILES string of the molecule is CC(=O)Oc1ccccc1C.CCOc1ccccc1C.CCSc1ccccc1C.COCc1ccccc1C. The summed E-state index contributed by atoms with van der Waals surface area (Å²) in [5.74, 6) is 2.51. The zero-order chi connectivity index (χ0) is 30.5. The van der Waals surface area contributed by atoms with Gasteiger partial charge in [0.05, 0.1) is 13.2 Å². The van der Waals surface area contributed by atoms with E-state index in [2.05, 4.69) is 57.2 Å². The van der Waals surface area contributed by atoms with Gasteiger partial charge in [0.15, 0.2) is 0 Å². The van der Waals surface area contributed by atoms with Gasteiger partial charge in [0.25, 0.3) is 0 Å². The van der Waals surface area contributed by atoms with Crippen molar-refractivity contribution in [3.63, 3.8) is 0 Å². The smallest absolute Gasteiger partial charge is 0.308 e. The molecule has 0 fully saturated rings. The van der Waals surface area contributed by atoms with E-state index in [9.17, 15) is 4.79 Å². The summed E-state index contributed by atoms with van der Waals surface area (Å²) in [6, 6.07) is 32.2. The molecule has 0 bridgehead atoms. The Balaban J connectivity index is 0.000000274. The van der Waals surface area contributed by atoms with E-state index in [4.69, 9.17) is 14.2 Å². The topological polar surface area (TPSA) is 44.8 Å². The number of carbonyl (C=O) groups excluding carboxylic acids is 1. The molecule has 0 aliphatic carbocycles. The Bertz CT molecular complexity index is 1170. The average molecular weight is 575 g/mol. The van der Waals surface area contributed by atoms with Crippen molar-refractivity contribution in [1.29, 1.82) is 0 Å². The Morgan fingerprint density at radius 1 is 0.659 bits per heavy atom. The van der Waals surface area contributed by atoms with Gasteiger partial charge < -0.3 is 14.2 Å². The number of aryl methyl sites for hydroxylation is 4. The van der Waals surface area contributed by atoms with Crippen molar-refractivity contribution in [2.24, 2.45) is 0 Å². The molecule has 0 N–H and O–H groups in total. The van der Waals surface area contributed by atoms with E-state index >= 15 is 0 Å². The predicted octanol–water partition coefficient (Wildman–Crippen LogP) is 9.56. The van der Waals surface area contributed by atoms with Crippen LogP contribution in [0.1, 0.15) is 48.6 Å². The third-order valence-electron chi connectivity index (χ3n) is 5.70. The first-order valence-electron chi connectivity index (χ1n) is 13.9. The lowest BCUT2D eigenvalue weighted by atomic mass is 10.1. The van der Waals surface area contributed by atoms with Crippen molar-refractivity contribution in [3.8, 4) is 11.5 Å². The van der Waals surface area contributed by atoms with Gasteiger partial charge in [0.2, 0.25) is 0 Å². The first-order chi connectivity index (χ1) is 19.7. The molecule has 4 aromatic carbocycles. The second kappa shape index (κ2) is 21.2. The van der Waals surface area contributed by atoms with Gasteiger partial charge >= 0.3 is 5.97 Å². The molecule has 220 valence electrons. The summed E-state index contributed by atoms with van der Waals surface area (Å²) >= 11 is 1.90. The largest absolute Gasteiger partial charge is 0.494 e. The maximum Gasteiger partial charge on any atom is 0.308 e. The minimum atomic E-state index is -0.278. The minimum absolute atomic E-state index is 0.278. The molecule has 0 heterocycles. The Labute approximate surface area is 252 Å². The maximum absolute atomic E-state index is 10.5. The number of thioether (sulfide) groups is 1. The Morgan fingerprint density at radius 2 is 1.15 bits per heavy atom. The van der Waals surface area contributed by atoms with Crippen LogP contribution in [0.4, 0.5) is 0 Å². The second-order valence-electron chi connectivity index (χ2n) is 9.12. The number of carbonyl (C=O) groups is 1. The lowest BCUT2D eigenvalue weighted by Crippen LogP contribution is -2.02. The van der Waals surface area contributed by atoms with Crippen molar-refractivity contribution >= 4 is 17.7 Å². The third kappa shape index (κ3) is 15.1. The molecule has 0 radical (unpaired) electrons. The van der Waals surface area contributed by atoms with Crippen LogP contribution in [-0.4, -0.2) is 25.4 Å². The molecular formula is C36H46O4S. The molecule has 0 saturated heterocycles. The predicted molar refractivity (Wildman–Crippen MR) is 174 cm³/mol. The molecule has 0 saturated carbocycles. The summed E-state index contributed by atoms with van der Waals surface area (Å²) in [4.78, 5) is 12.0. The van der Waals surface area contributed by atoms with Crippen molar-refractivity contribution in [1.82, 2.24) is 0 Å². The highest BCUT2D eigenvalue weighted by Crippen LogP contribution is 2.20. The number of rotatable bonds is 7. The molecule has 0 amide bonds. The Kier molecular flexibility index (Phi) is 18.4. The van der Waals surface area contributed by atoms with Crippen LogP contribution >= 0.6 is 11.8 Å². The van der Waals surface area contributed by atoms with E-state index in [-0.39, 0.29) is 5.97 Å². The zero-order valence-electron chi connectivity index (χ0n) is 25.9. The van der Waals surface area contributed by atoms with Crippen molar-refractivity contribution in [3.05, 3.63) is 125 Å². The highest BCUT2D eigenvalue weighted by molar-refractivity contribution is 7.99. The summed E-state index contributed by atoms with van der Waals surface area (Å²) in [7, 11) is 1.71. The molecule has 4 rings (SSSR count). The fourth-order valence-electron chi connectivity index (χ4n) is 3.50. The van der Waals surface area contributed by atoms with Gasteiger partial charge in [-0.15, -0.1) is 11.8 Å². The Hall–Kier alpha value is -3.54. The fourth-order valence-corrected chi connectivity index (χ4v) is 4.28. The summed E-state index contributed by atoms with van der Waals surface area (Å²) in [6.45, 7) is 15.2. The van der Waals surface area contributed by atoms with Gasteiger partial charge in [-0.3, -0.25) is 4.79 Å². The van der Waals surface area contributed by atoms with E-state index in [0.717, 1.165) is 23.7 Å². The second-order valence-corrected chi connectivity index (χ2v) is 10.4. The molecule has 0 atom stereocenters. The lowest BCUT2D eigenvalue weighted by Gasteiger charge is -2.04. The molecule has 0 aliphatic rings. The molecule has 0 spiro atoms. The normalized spacial score (nSPS) is 9.56. The zero-order valence-corrected chi connectivity index (χ0v) is 26.7. The van der Waals surface area contributed by atoms with Crippen molar-refractivity contribution in [2.45, 2.75) is 60.0 Å². The molecule has 4 nitrogen and oxygen atoms in total. The van der Waals surface area contributed by atoms with Crippen LogP contribution in [0.5, 0.6) is 11.5 Å². The van der Waals surface area contributed by atoms with Crippen LogP contribution in [0.3, 0.4) is 0 Å². The first-order valence-corrected chi connectivity index (χ1v) is 14.9. The highest BCUT2D eigenvalue weighted by Gasteiger charge is 1.99. The number of benzene rings is 4. The van der Waals surface area contributed by atoms with E-state index < -0.39 is 0 Å². The summed E-state index contributed by atoms with van der Waals surface area (Å²) < 4.78 is 15.3. The lowest BCUT2D eigenvalue weighted by molar-refractivity contribution is -0.131. The third-order valence-corrected chi connectivity index (χ3v) is 6.75. The molecule has 0 unspecified atom stereocenters. The maximum atomic E-state index is 10.5. The number of hydrogen-bond acceptors (Lipinski definition) is 5. The average Bonchev–Trinajstić information content (AvgIpc) is 2.95. The summed E-state index contributed by atoms with van der Waals surface area (Å²) in [5.41, 5.74) is 6.12. The number of methoxy groups -OCH3 is 1. The van der Waals surface area contributed by atoms with Crippen LogP contribution in [0.15, 0.2) is 102 Å². The van der Waals surface area contributed by atoms with Gasteiger partial charge in [0.1, 0.15) is 11.5 Å². The van der Waals surface area contributed by atoms with Crippen LogP contribution in [0.25, 0.3) is 0 Å². The van der Waals surface area contributed by atoms with Gasteiger partial charge in [-0.1, -0.05) is 85.8 Å². The number of esters is 1. The van der Waals surface area contributed by atoms with Crippen LogP contribution in [0.2, 0.25) is 0 Å². The molecule has 41 heavy (non-hydrogen) atoms. The summed E-state index contributed by atoms with van der Waals surface area (Å²) in [6.07, 6.45) is 0. The van der Waals surface area contributed by atoms with E-state index in [0.29, 0.717) is 12.4 Å². The standard InChI is InChI=1S/C9H10O2.2C9H12O.C9H12S/c1-7-5-3-4-6-9(7)11-8(2)10;1-8-5-3-4-6-9(8)7-10-2;2*1-3-10-9-7-5-4-6-8(9)2/h3-6H,1-2H3;3-6H,7H2,1-2H3;2*4-7H,3H2,1-2H3. The fraction of sp³-hybridized carbons (Fsp3) is 0.306. The number of hydrogen-bond donors (Lipinski definition) is 0. The number of ether oxygens (including phenoxy) is 3. The monoisotopic (exact) mass is 574 g/mol. The van der Waals surface area contributed by atoms with Crippen LogP contribution in [-0.2, 0) is 16.1 Å². The van der Waals surface area contributed by atoms with Gasteiger partial charge in [0, 0.05) is 18.9 Å². The van der Waals surface area contributed by atoms with Crippen molar-refractivity contribution in [2.75, 3.05) is 19.5 Å². The molecule has 0 aliphatic heterocycles. The highest BCUT2D eigenvalue weighted by atomic mass is 32.2. The molecule has 4 aromatic rings. The molecular weight excluding hydrogens is 528 g/mol. The first kappa shape index (κ1) is 35.5. The van der Waals surface area contributed by atoms with Gasteiger partial charge in [-0.25, -0.2) is 0 Å². The molecule has 0 aromatic heterocycles. The van der Waals surface area contributed by atoms with E-state index in [1.54, 1.807) is 13.2 Å². The van der Waals surface area contributed by atoms with Gasteiger partial charge in [-0.2, -0.15) is 0 Å². The van der Waals surface area contributed by atoms with Gasteiger partial charge in [-0.05, 0) is 86.4 Å². The Morgan fingerprint density at radius 3 is 1.61 bits per heavy atom. The van der Waals surface area contributed by atoms with Crippen molar-refractivity contribution < 1.29 is 19.0 Å². The molecule has 5 heteroatoms. The minimum Gasteiger partial charge on any atom is -0.494 e.